The van der Waals surface area contributed by atoms with Crippen molar-refractivity contribution in [3.8, 4) is 0 Å². The molecule has 0 saturated carbocycles. The van der Waals surface area contributed by atoms with E-state index in [-0.39, 0.29) is 17.6 Å². The third-order valence-electron chi connectivity index (χ3n) is 4.99. The van der Waals surface area contributed by atoms with Crippen LogP contribution in [-0.2, 0) is 20.9 Å². The van der Waals surface area contributed by atoms with Crippen molar-refractivity contribution in [2.24, 2.45) is 4.99 Å². The maximum atomic E-state index is 12.4. The van der Waals surface area contributed by atoms with E-state index in [0.29, 0.717) is 23.7 Å². The van der Waals surface area contributed by atoms with Crippen molar-refractivity contribution in [1.29, 1.82) is 0 Å². The predicted octanol–water partition coefficient (Wildman–Crippen LogP) is 3.22. The minimum absolute atomic E-state index is 0.136. The molecule has 1 aliphatic heterocycles. The molecule has 1 saturated heterocycles. The van der Waals surface area contributed by atoms with Gasteiger partial charge in [-0.2, -0.15) is 4.99 Å². The molecule has 0 radical (unpaired) electrons. The molecule has 2 heterocycles. The quantitative estimate of drug-likeness (QED) is 0.670. The molecule has 0 aliphatic carbocycles. The minimum Gasteiger partial charge on any atom is -0.383 e. The summed E-state index contributed by atoms with van der Waals surface area (Å²) in [5.41, 5.74) is 2.24. The summed E-state index contributed by atoms with van der Waals surface area (Å²) in [6.45, 7) is 4.95. The molecule has 0 atom stereocenters. The number of nitrogens with zero attached hydrogens (tertiary/aromatic N) is 3. The molecule has 2 amide bonds. The number of carbonyl (C=O) groups is 2. The Labute approximate surface area is 180 Å². The van der Waals surface area contributed by atoms with E-state index in [1.54, 1.807) is 7.11 Å². The van der Waals surface area contributed by atoms with Crippen molar-refractivity contribution in [1.82, 2.24) is 9.47 Å². The second kappa shape index (κ2) is 10.9. The Balaban J connectivity index is 1.65. The van der Waals surface area contributed by atoms with Gasteiger partial charge in [0.1, 0.15) is 0 Å². The number of aryl methyl sites for hydroxylation is 1. The van der Waals surface area contributed by atoms with Gasteiger partial charge in [-0.1, -0.05) is 30.2 Å². The summed E-state index contributed by atoms with van der Waals surface area (Å²) in [5.74, 6) is 0.499. The second-order valence-corrected chi connectivity index (χ2v) is 9.29. The number of methoxy groups -OCH3 is 1. The Morgan fingerprint density at radius 3 is 2.66 bits per heavy atom. The van der Waals surface area contributed by atoms with Crippen LogP contribution in [0.5, 0.6) is 0 Å². The highest BCUT2D eigenvalue weighted by Crippen LogP contribution is 2.19. The lowest BCUT2D eigenvalue weighted by Crippen LogP contribution is -2.33. The molecule has 29 heavy (non-hydrogen) atoms. The zero-order valence-corrected chi connectivity index (χ0v) is 18.8. The summed E-state index contributed by atoms with van der Waals surface area (Å²) < 4.78 is 8.36. The maximum absolute atomic E-state index is 12.4. The Bertz CT molecular complexity index is 912. The fourth-order valence-corrected chi connectivity index (χ4v) is 5.31. The molecular formula is C21H29N3O3S2. The normalized spacial score (nSPS) is 15.7. The zero-order valence-electron chi connectivity index (χ0n) is 17.2. The smallest absolute Gasteiger partial charge is 0.258 e. The lowest BCUT2D eigenvalue weighted by molar-refractivity contribution is -0.128. The molecule has 1 fully saturated rings. The zero-order chi connectivity index (χ0) is 20.6. The van der Waals surface area contributed by atoms with E-state index in [4.69, 9.17) is 4.74 Å². The van der Waals surface area contributed by atoms with Gasteiger partial charge in [0.15, 0.2) is 4.80 Å². The Kier molecular flexibility index (Phi) is 8.32. The lowest BCUT2D eigenvalue weighted by atomic mass is 10.2. The third-order valence-corrected chi connectivity index (χ3v) is 6.93. The average Bonchev–Trinajstić information content (AvgIpc) is 2.86. The van der Waals surface area contributed by atoms with Crippen molar-refractivity contribution in [3.05, 3.63) is 28.6 Å². The van der Waals surface area contributed by atoms with Gasteiger partial charge in [0, 0.05) is 26.7 Å². The highest BCUT2D eigenvalue weighted by atomic mass is 32.2. The SMILES string of the molecule is COCCn1c(=NC(=O)CSCC(=O)N2CCCCCC2)sc2cc(C)ccc21. The summed E-state index contributed by atoms with van der Waals surface area (Å²) >= 11 is 2.88. The van der Waals surface area contributed by atoms with Crippen molar-refractivity contribution in [2.75, 3.05) is 38.3 Å². The number of benzene rings is 1. The number of thioether (sulfide) groups is 1. The van der Waals surface area contributed by atoms with Crippen molar-refractivity contribution in [3.63, 3.8) is 0 Å². The first-order chi connectivity index (χ1) is 14.1. The van der Waals surface area contributed by atoms with E-state index in [9.17, 15) is 9.59 Å². The molecule has 158 valence electrons. The van der Waals surface area contributed by atoms with Crippen molar-refractivity contribution in [2.45, 2.75) is 39.2 Å². The number of fused-ring (bicyclic) bond motifs is 1. The molecule has 2 aromatic rings. The van der Waals surface area contributed by atoms with Crippen LogP contribution in [0.3, 0.4) is 0 Å². The van der Waals surface area contributed by atoms with Crippen LogP contribution in [0.2, 0.25) is 0 Å². The van der Waals surface area contributed by atoms with Crippen LogP contribution in [0.15, 0.2) is 23.2 Å². The van der Waals surface area contributed by atoms with Crippen LogP contribution in [0.4, 0.5) is 0 Å². The summed E-state index contributed by atoms with van der Waals surface area (Å²) in [5, 5.41) is 0. The molecule has 6 nitrogen and oxygen atoms in total. The first-order valence-corrected chi connectivity index (χ1v) is 12.1. The van der Waals surface area contributed by atoms with Crippen LogP contribution in [0.1, 0.15) is 31.2 Å². The van der Waals surface area contributed by atoms with Crippen LogP contribution >= 0.6 is 23.1 Å². The van der Waals surface area contributed by atoms with Crippen LogP contribution < -0.4 is 4.80 Å². The van der Waals surface area contributed by atoms with E-state index in [2.05, 4.69) is 30.1 Å². The second-order valence-electron chi connectivity index (χ2n) is 7.29. The van der Waals surface area contributed by atoms with E-state index < -0.39 is 0 Å². The van der Waals surface area contributed by atoms with Crippen LogP contribution in [0, 0.1) is 6.92 Å². The highest BCUT2D eigenvalue weighted by Gasteiger charge is 2.16. The number of likely N-dealkylation sites (tertiary alicyclic amines) is 1. The number of hydrogen-bond donors (Lipinski definition) is 0. The Morgan fingerprint density at radius 1 is 1.17 bits per heavy atom. The van der Waals surface area contributed by atoms with Crippen LogP contribution in [0.25, 0.3) is 10.2 Å². The molecule has 8 heteroatoms. The topological polar surface area (TPSA) is 63.9 Å². The Morgan fingerprint density at radius 2 is 1.93 bits per heavy atom. The highest BCUT2D eigenvalue weighted by molar-refractivity contribution is 8.00. The van der Waals surface area contributed by atoms with Gasteiger partial charge in [-0.15, -0.1) is 11.8 Å². The first kappa shape index (κ1) is 22.1. The molecule has 1 aliphatic rings. The number of thiazole rings is 1. The van der Waals surface area contributed by atoms with Gasteiger partial charge in [-0.3, -0.25) is 9.59 Å². The predicted molar refractivity (Wildman–Crippen MR) is 119 cm³/mol. The maximum Gasteiger partial charge on any atom is 0.258 e. The first-order valence-electron chi connectivity index (χ1n) is 10.1. The van der Waals surface area contributed by atoms with Gasteiger partial charge >= 0.3 is 0 Å². The van der Waals surface area contributed by atoms with Gasteiger partial charge in [-0.05, 0) is 37.5 Å². The van der Waals surface area contributed by atoms with Gasteiger partial charge in [0.05, 0.1) is 28.3 Å². The van der Waals surface area contributed by atoms with E-state index in [1.165, 1.54) is 41.5 Å². The molecule has 1 aromatic heterocycles. The van der Waals surface area contributed by atoms with Crippen molar-refractivity contribution >= 4 is 45.1 Å². The number of carbonyl (C=O) groups excluding carboxylic acids is 2. The van der Waals surface area contributed by atoms with Crippen molar-refractivity contribution < 1.29 is 14.3 Å². The minimum atomic E-state index is -0.201. The van der Waals surface area contributed by atoms with Gasteiger partial charge in [-0.25, -0.2) is 0 Å². The molecule has 0 spiro atoms. The summed E-state index contributed by atoms with van der Waals surface area (Å²) in [4.78, 5) is 31.8. The number of aromatic nitrogens is 1. The number of hydrogen-bond acceptors (Lipinski definition) is 5. The molecule has 1 aromatic carbocycles. The molecule has 0 unspecified atom stereocenters. The molecule has 3 rings (SSSR count). The summed E-state index contributed by atoms with van der Waals surface area (Å²) in [7, 11) is 1.67. The lowest BCUT2D eigenvalue weighted by Gasteiger charge is -2.19. The third kappa shape index (κ3) is 6.17. The standard InChI is InChI=1S/C21H29N3O3S2/c1-16-7-8-17-18(13-16)29-21(24(17)11-12-27-2)22-19(25)14-28-15-20(26)23-9-5-3-4-6-10-23/h7-8,13H,3-6,9-12,14-15H2,1-2H3. The molecule has 0 bridgehead atoms. The Hall–Kier alpha value is -1.64. The average molecular weight is 436 g/mol. The van der Waals surface area contributed by atoms with Gasteiger partial charge in [0.2, 0.25) is 5.91 Å². The fraction of sp³-hybridized carbons (Fsp3) is 0.571. The molecule has 0 N–H and O–H groups in total. The largest absolute Gasteiger partial charge is 0.383 e. The van der Waals surface area contributed by atoms with E-state index in [0.717, 1.165) is 36.1 Å². The summed E-state index contributed by atoms with van der Waals surface area (Å²) in [6.07, 6.45) is 4.56. The van der Waals surface area contributed by atoms with Gasteiger partial charge in [0.25, 0.3) is 5.91 Å². The fourth-order valence-electron chi connectivity index (χ4n) is 3.44. The summed E-state index contributed by atoms with van der Waals surface area (Å²) in [6, 6.07) is 6.24. The monoisotopic (exact) mass is 435 g/mol. The van der Waals surface area contributed by atoms with E-state index in [1.807, 2.05) is 9.47 Å². The number of ether oxygens (including phenoxy) is 1. The number of amides is 2. The van der Waals surface area contributed by atoms with Gasteiger partial charge < -0.3 is 14.2 Å². The van der Waals surface area contributed by atoms with E-state index >= 15 is 0 Å². The van der Waals surface area contributed by atoms with Crippen LogP contribution in [-0.4, -0.2) is 59.6 Å². The number of rotatable bonds is 7. The molecular weight excluding hydrogens is 406 g/mol.